The Kier molecular flexibility index (Phi) is 6.57. The molecule has 0 aliphatic heterocycles. The molecule has 0 bridgehead atoms. The Morgan fingerprint density at radius 2 is 1.63 bits per heavy atom. The second-order valence-electron chi connectivity index (χ2n) is 7.26. The average molecular weight is 261 g/mol. The van der Waals surface area contributed by atoms with E-state index in [-0.39, 0.29) is 0 Å². The quantitative estimate of drug-likeness (QED) is 0.740. The molecule has 108 valence electrons. The predicted molar refractivity (Wildman–Crippen MR) is 85.6 cm³/mol. The van der Waals surface area contributed by atoms with Crippen molar-refractivity contribution in [3.8, 4) is 0 Å². The van der Waals surface area contributed by atoms with Crippen LogP contribution >= 0.6 is 0 Å². The Morgan fingerprint density at radius 1 is 1.00 bits per heavy atom. The monoisotopic (exact) mass is 261 g/mol. The molecule has 0 aliphatic carbocycles. The summed E-state index contributed by atoms with van der Waals surface area (Å²) in [4.78, 5) is 0. The fraction of sp³-hybridized carbons (Fsp3) is 0.667. The Balaban J connectivity index is 2.58. The molecule has 0 saturated heterocycles. The van der Waals surface area contributed by atoms with Crippen LogP contribution in [0.5, 0.6) is 0 Å². The maximum atomic E-state index is 3.62. The first-order valence-electron chi connectivity index (χ1n) is 7.64. The summed E-state index contributed by atoms with van der Waals surface area (Å²) >= 11 is 0. The highest BCUT2D eigenvalue weighted by molar-refractivity contribution is 5.19. The van der Waals surface area contributed by atoms with Gasteiger partial charge in [0.1, 0.15) is 0 Å². The molecule has 0 amide bonds. The van der Waals surface area contributed by atoms with Crippen LogP contribution in [0.25, 0.3) is 0 Å². The molecule has 0 radical (unpaired) electrons. The fourth-order valence-corrected chi connectivity index (χ4v) is 2.27. The van der Waals surface area contributed by atoms with Crippen molar-refractivity contribution in [2.45, 2.75) is 53.4 Å². The minimum absolute atomic E-state index is 0.422. The SMILES string of the molecule is CC(C)CNCC(CCC(C)(C)C)c1ccccc1. The molecule has 0 fully saturated rings. The molecule has 1 unspecified atom stereocenters. The van der Waals surface area contributed by atoms with Gasteiger partial charge in [-0.2, -0.15) is 0 Å². The van der Waals surface area contributed by atoms with E-state index in [1.165, 1.54) is 18.4 Å². The van der Waals surface area contributed by atoms with Crippen LogP contribution in [-0.4, -0.2) is 13.1 Å². The fourth-order valence-electron chi connectivity index (χ4n) is 2.27. The summed E-state index contributed by atoms with van der Waals surface area (Å²) in [5, 5.41) is 3.62. The first kappa shape index (κ1) is 16.2. The molecule has 0 spiro atoms. The molecule has 0 saturated carbocycles. The van der Waals surface area contributed by atoms with Gasteiger partial charge in [-0.15, -0.1) is 0 Å². The smallest absolute Gasteiger partial charge is 0.00202 e. The zero-order valence-corrected chi connectivity index (χ0v) is 13.4. The van der Waals surface area contributed by atoms with Crippen LogP contribution in [0.2, 0.25) is 0 Å². The van der Waals surface area contributed by atoms with Crippen LogP contribution in [0.15, 0.2) is 30.3 Å². The van der Waals surface area contributed by atoms with Crippen molar-refractivity contribution < 1.29 is 0 Å². The van der Waals surface area contributed by atoms with Gasteiger partial charge < -0.3 is 5.32 Å². The van der Waals surface area contributed by atoms with Crippen molar-refractivity contribution >= 4 is 0 Å². The summed E-state index contributed by atoms with van der Waals surface area (Å²) in [6.07, 6.45) is 2.54. The molecule has 0 aliphatic rings. The molecule has 1 aromatic carbocycles. The van der Waals surface area contributed by atoms with E-state index in [2.05, 4.69) is 70.3 Å². The van der Waals surface area contributed by atoms with Crippen molar-refractivity contribution in [1.82, 2.24) is 5.32 Å². The largest absolute Gasteiger partial charge is 0.316 e. The molecule has 1 nitrogen and oxygen atoms in total. The number of rotatable bonds is 7. The molecule has 1 heteroatoms. The summed E-state index contributed by atoms with van der Waals surface area (Å²) in [5.41, 5.74) is 1.90. The molecular formula is C18H31N. The predicted octanol–water partition coefficient (Wildman–Crippen LogP) is 4.84. The van der Waals surface area contributed by atoms with E-state index in [4.69, 9.17) is 0 Å². The van der Waals surface area contributed by atoms with Gasteiger partial charge in [0.05, 0.1) is 0 Å². The first-order chi connectivity index (χ1) is 8.88. The third-order valence-electron chi connectivity index (χ3n) is 3.46. The van der Waals surface area contributed by atoms with Crippen molar-refractivity contribution in [1.29, 1.82) is 0 Å². The second-order valence-corrected chi connectivity index (χ2v) is 7.26. The summed E-state index contributed by atoms with van der Waals surface area (Å²) < 4.78 is 0. The lowest BCUT2D eigenvalue weighted by Crippen LogP contribution is -2.26. The Labute approximate surface area is 119 Å². The van der Waals surface area contributed by atoms with Gasteiger partial charge in [0, 0.05) is 6.54 Å². The summed E-state index contributed by atoms with van der Waals surface area (Å²) in [6.45, 7) is 13.7. The van der Waals surface area contributed by atoms with Gasteiger partial charge in [0.25, 0.3) is 0 Å². The zero-order valence-electron chi connectivity index (χ0n) is 13.4. The minimum Gasteiger partial charge on any atom is -0.316 e. The molecular weight excluding hydrogens is 230 g/mol. The third kappa shape index (κ3) is 7.37. The number of hydrogen-bond donors (Lipinski definition) is 1. The van der Waals surface area contributed by atoms with E-state index in [1.807, 2.05) is 0 Å². The number of nitrogens with one attached hydrogen (secondary N) is 1. The van der Waals surface area contributed by atoms with Crippen LogP contribution in [0.1, 0.15) is 58.9 Å². The van der Waals surface area contributed by atoms with Gasteiger partial charge in [-0.05, 0) is 42.2 Å². The van der Waals surface area contributed by atoms with Crippen molar-refractivity contribution in [2.75, 3.05) is 13.1 Å². The molecule has 1 N–H and O–H groups in total. The molecule has 1 atom stereocenters. The van der Waals surface area contributed by atoms with Crippen molar-refractivity contribution in [2.24, 2.45) is 11.3 Å². The van der Waals surface area contributed by atoms with Gasteiger partial charge in [-0.1, -0.05) is 65.0 Å². The summed E-state index contributed by atoms with van der Waals surface area (Å²) in [7, 11) is 0. The average Bonchev–Trinajstić information content (AvgIpc) is 2.33. The second kappa shape index (κ2) is 7.69. The lowest BCUT2D eigenvalue weighted by atomic mass is 9.84. The van der Waals surface area contributed by atoms with Crippen LogP contribution in [0.4, 0.5) is 0 Å². The lowest BCUT2D eigenvalue weighted by molar-refractivity contribution is 0.343. The highest BCUT2D eigenvalue weighted by atomic mass is 14.9. The summed E-state index contributed by atoms with van der Waals surface area (Å²) in [6, 6.07) is 10.9. The molecule has 0 aromatic heterocycles. The van der Waals surface area contributed by atoms with Gasteiger partial charge in [0.2, 0.25) is 0 Å². The first-order valence-corrected chi connectivity index (χ1v) is 7.64. The normalized spacial score (nSPS) is 13.8. The van der Waals surface area contributed by atoms with E-state index in [9.17, 15) is 0 Å². The van der Waals surface area contributed by atoms with Crippen molar-refractivity contribution in [3.63, 3.8) is 0 Å². The topological polar surface area (TPSA) is 12.0 Å². The Hall–Kier alpha value is -0.820. The van der Waals surface area contributed by atoms with E-state index in [1.54, 1.807) is 0 Å². The number of benzene rings is 1. The van der Waals surface area contributed by atoms with E-state index in [0.717, 1.165) is 19.0 Å². The van der Waals surface area contributed by atoms with Crippen LogP contribution in [0, 0.1) is 11.3 Å². The molecule has 19 heavy (non-hydrogen) atoms. The van der Waals surface area contributed by atoms with Crippen LogP contribution < -0.4 is 5.32 Å². The van der Waals surface area contributed by atoms with Gasteiger partial charge >= 0.3 is 0 Å². The van der Waals surface area contributed by atoms with Gasteiger partial charge in [0.15, 0.2) is 0 Å². The molecule has 1 aromatic rings. The van der Waals surface area contributed by atoms with Gasteiger partial charge in [-0.3, -0.25) is 0 Å². The number of hydrogen-bond acceptors (Lipinski definition) is 1. The highest BCUT2D eigenvalue weighted by Crippen LogP contribution is 2.28. The maximum absolute atomic E-state index is 3.62. The molecule has 1 rings (SSSR count). The van der Waals surface area contributed by atoms with Crippen LogP contribution in [-0.2, 0) is 0 Å². The maximum Gasteiger partial charge on any atom is 0.00202 e. The Morgan fingerprint density at radius 3 is 2.16 bits per heavy atom. The lowest BCUT2D eigenvalue weighted by Gasteiger charge is -2.24. The molecule has 0 heterocycles. The minimum atomic E-state index is 0.422. The van der Waals surface area contributed by atoms with Crippen LogP contribution in [0.3, 0.4) is 0 Å². The van der Waals surface area contributed by atoms with E-state index in [0.29, 0.717) is 11.3 Å². The standard InChI is InChI=1S/C18H31N/c1-15(2)13-19-14-17(11-12-18(3,4)5)16-9-7-6-8-10-16/h6-10,15,17,19H,11-14H2,1-5H3. The third-order valence-corrected chi connectivity index (χ3v) is 3.46. The highest BCUT2D eigenvalue weighted by Gasteiger charge is 2.16. The summed E-state index contributed by atoms with van der Waals surface area (Å²) in [5.74, 6) is 1.36. The van der Waals surface area contributed by atoms with Gasteiger partial charge in [-0.25, -0.2) is 0 Å². The van der Waals surface area contributed by atoms with E-state index < -0.39 is 0 Å². The zero-order chi connectivity index (χ0) is 14.3. The Bertz CT molecular complexity index is 334. The van der Waals surface area contributed by atoms with Crippen molar-refractivity contribution in [3.05, 3.63) is 35.9 Å². The van der Waals surface area contributed by atoms with E-state index >= 15 is 0 Å².